The lowest BCUT2D eigenvalue weighted by atomic mass is 10.3. The molecular weight excluding hydrogens is 218 g/mol. The first-order valence-electron chi connectivity index (χ1n) is 4.86. The highest BCUT2D eigenvalue weighted by Crippen LogP contribution is 2.23. The van der Waals surface area contributed by atoms with Crippen LogP contribution in [-0.4, -0.2) is 16.9 Å². The number of methoxy groups -OCH3 is 1. The molecule has 0 unspecified atom stereocenters. The van der Waals surface area contributed by atoms with Gasteiger partial charge in [0.1, 0.15) is 17.5 Å². The summed E-state index contributed by atoms with van der Waals surface area (Å²) in [6.07, 6.45) is 0. The molecule has 17 heavy (non-hydrogen) atoms. The molecule has 1 heterocycles. The van der Waals surface area contributed by atoms with E-state index in [0.717, 1.165) is 11.4 Å². The van der Waals surface area contributed by atoms with Crippen molar-refractivity contribution in [1.29, 1.82) is 5.26 Å². The SMILES string of the molecule is COc1ccc(-n2nc(C#N)c(N)c2N)cc1. The molecule has 0 aliphatic carbocycles. The highest BCUT2D eigenvalue weighted by Gasteiger charge is 2.13. The highest BCUT2D eigenvalue weighted by molar-refractivity contribution is 5.68. The molecule has 0 aliphatic rings. The van der Waals surface area contributed by atoms with E-state index in [1.807, 2.05) is 6.07 Å². The molecule has 1 aromatic carbocycles. The zero-order chi connectivity index (χ0) is 12.4. The normalized spacial score (nSPS) is 9.88. The van der Waals surface area contributed by atoms with Crippen LogP contribution in [0.2, 0.25) is 0 Å². The summed E-state index contributed by atoms with van der Waals surface area (Å²) in [5.74, 6) is 0.986. The predicted octanol–water partition coefficient (Wildman–Crippen LogP) is 0.917. The lowest BCUT2D eigenvalue weighted by Gasteiger charge is -2.05. The number of nitriles is 1. The molecule has 6 heteroatoms. The molecule has 6 nitrogen and oxygen atoms in total. The van der Waals surface area contributed by atoms with E-state index in [1.54, 1.807) is 31.4 Å². The van der Waals surface area contributed by atoms with Gasteiger partial charge in [-0.05, 0) is 24.3 Å². The van der Waals surface area contributed by atoms with E-state index in [-0.39, 0.29) is 17.2 Å². The second-order valence-corrected chi connectivity index (χ2v) is 3.37. The van der Waals surface area contributed by atoms with E-state index < -0.39 is 0 Å². The minimum absolute atomic E-state index is 0.123. The maximum atomic E-state index is 8.80. The van der Waals surface area contributed by atoms with E-state index in [9.17, 15) is 0 Å². The van der Waals surface area contributed by atoms with Crippen LogP contribution < -0.4 is 16.2 Å². The number of nitrogens with two attached hydrogens (primary N) is 2. The fourth-order valence-corrected chi connectivity index (χ4v) is 1.45. The third-order valence-corrected chi connectivity index (χ3v) is 2.38. The summed E-state index contributed by atoms with van der Waals surface area (Å²) in [6.45, 7) is 0. The molecule has 0 aliphatic heterocycles. The summed E-state index contributed by atoms with van der Waals surface area (Å²) < 4.78 is 6.47. The molecule has 0 bridgehead atoms. The number of aromatic nitrogens is 2. The van der Waals surface area contributed by atoms with Gasteiger partial charge in [-0.25, -0.2) is 4.68 Å². The zero-order valence-corrected chi connectivity index (χ0v) is 9.21. The van der Waals surface area contributed by atoms with Crippen molar-refractivity contribution in [2.75, 3.05) is 18.6 Å². The Kier molecular flexibility index (Phi) is 2.58. The molecule has 0 amide bonds. The molecular formula is C11H11N5O. The van der Waals surface area contributed by atoms with Gasteiger partial charge in [-0.15, -0.1) is 0 Å². The minimum Gasteiger partial charge on any atom is -0.497 e. The molecule has 0 saturated heterocycles. The van der Waals surface area contributed by atoms with E-state index in [0.29, 0.717) is 0 Å². The fourth-order valence-electron chi connectivity index (χ4n) is 1.45. The van der Waals surface area contributed by atoms with Gasteiger partial charge in [0.15, 0.2) is 11.5 Å². The van der Waals surface area contributed by atoms with Crippen LogP contribution >= 0.6 is 0 Å². The summed E-state index contributed by atoms with van der Waals surface area (Å²) in [4.78, 5) is 0. The van der Waals surface area contributed by atoms with Crippen LogP contribution in [0.4, 0.5) is 11.5 Å². The van der Waals surface area contributed by atoms with E-state index in [1.165, 1.54) is 4.68 Å². The highest BCUT2D eigenvalue weighted by atomic mass is 16.5. The Hall–Kier alpha value is -2.68. The Morgan fingerprint density at radius 2 is 1.94 bits per heavy atom. The maximum absolute atomic E-state index is 8.80. The summed E-state index contributed by atoms with van der Waals surface area (Å²) in [5, 5.41) is 12.8. The molecule has 0 spiro atoms. The van der Waals surface area contributed by atoms with Gasteiger partial charge in [0.25, 0.3) is 0 Å². The van der Waals surface area contributed by atoms with Gasteiger partial charge < -0.3 is 16.2 Å². The first kappa shape index (κ1) is 10.8. The molecule has 86 valence electrons. The quantitative estimate of drug-likeness (QED) is 0.796. The Balaban J connectivity index is 2.50. The molecule has 4 N–H and O–H groups in total. The van der Waals surface area contributed by atoms with Crippen molar-refractivity contribution in [2.24, 2.45) is 0 Å². The summed E-state index contributed by atoms with van der Waals surface area (Å²) in [5.41, 5.74) is 12.5. The predicted molar refractivity (Wildman–Crippen MR) is 63.7 cm³/mol. The summed E-state index contributed by atoms with van der Waals surface area (Å²) in [6, 6.07) is 9.00. The molecule has 0 saturated carbocycles. The largest absolute Gasteiger partial charge is 0.497 e. The number of hydrogen-bond acceptors (Lipinski definition) is 5. The number of ether oxygens (including phenoxy) is 1. The van der Waals surface area contributed by atoms with E-state index in [4.69, 9.17) is 21.5 Å². The van der Waals surface area contributed by atoms with Crippen LogP contribution in [0.3, 0.4) is 0 Å². The lowest BCUT2D eigenvalue weighted by molar-refractivity contribution is 0.414. The van der Waals surface area contributed by atoms with E-state index in [2.05, 4.69) is 5.10 Å². The first-order valence-corrected chi connectivity index (χ1v) is 4.86. The molecule has 0 atom stereocenters. The van der Waals surface area contributed by atoms with Crippen molar-refractivity contribution >= 4 is 11.5 Å². The third-order valence-electron chi connectivity index (χ3n) is 2.38. The zero-order valence-electron chi connectivity index (χ0n) is 9.21. The second kappa shape index (κ2) is 4.06. The number of hydrogen-bond donors (Lipinski definition) is 2. The number of anilines is 2. The standard InChI is InChI=1S/C11H11N5O/c1-17-8-4-2-7(3-5-8)16-11(14)10(13)9(6-12)15-16/h2-5H,13-14H2,1H3. The second-order valence-electron chi connectivity index (χ2n) is 3.37. The van der Waals surface area contributed by atoms with Gasteiger partial charge in [-0.2, -0.15) is 10.4 Å². The smallest absolute Gasteiger partial charge is 0.188 e. The van der Waals surface area contributed by atoms with Gasteiger partial charge in [0.05, 0.1) is 12.8 Å². The lowest BCUT2D eigenvalue weighted by Crippen LogP contribution is -2.02. The number of nitrogens with zero attached hydrogens (tertiary/aromatic N) is 3. The van der Waals surface area contributed by atoms with Crippen molar-refractivity contribution in [2.45, 2.75) is 0 Å². The third kappa shape index (κ3) is 1.74. The van der Waals surface area contributed by atoms with Crippen molar-refractivity contribution in [3.8, 4) is 17.5 Å². The number of nitrogen functional groups attached to an aromatic ring is 2. The first-order chi connectivity index (χ1) is 8.17. The summed E-state index contributed by atoms with van der Waals surface area (Å²) >= 11 is 0. The van der Waals surface area contributed by atoms with Crippen molar-refractivity contribution in [1.82, 2.24) is 9.78 Å². The molecule has 1 aromatic heterocycles. The van der Waals surface area contributed by atoms with Crippen LogP contribution in [0, 0.1) is 11.3 Å². The average Bonchev–Trinajstić information content (AvgIpc) is 2.66. The van der Waals surface area contributed by atoms with Crippen LogP contribution in [0.15, 0.2) is 24.3 Å². The van der Waals surface area contributed by atoms with Gasteiger partial charge in [0.2, 0.25) is 0 Å². The van der Waals surface area contributed by atoms with E-state index >= 15 is 0 Å². The molecule has 0 radical (unpaired) electrons. The molecule has 2 rings (SSSR count). The Morgan fingerprint density at radius 1 is 1.29 bits per heavy atom. The van der Waals surface area contributed by atoms with Gasteiger partial charge in [-0.3, -0.25) is 0 Å². The van der Waals surface area contributed by atoms with Gasteiger partial charge in [0, 0.05) is 0 Å². The van der Waals surface area contributed by atoms with Crippen LogP contribution in [-0.2, 0) is 0 Å². The van der Waals surface area contributed by atoms with Crippen LogP contribution in [0.1, 0.15) is 5.69 Å². The van der Waals surface area contributed by atoms with Gasteiger partial charge in [-0.1, -0.05) is 0 Å². The van der Waals surface area contributed by atoms with Crippen molar-refractivity contribution in [3.63, 3.8) is 0 Å². The fraction of sp³-hybridized carbons (Fsp3) is 0.0909. The number of benzene rings is 1. The van der Waals surface area contributed by atoms with Crippen molar-refractivity contribution < 1.29 is 4.74 Å². The Bertz CT molecular complexity index is 579. The minimum atomic E-state index is 0.123. The van der Waals surface area contributed by atoms with Crippen LogP contribution in [0.5, 0.6) is 5.75 Å². The maximum Gasteiger partial charge on any atom is 0.188 e. The summed E-state index contributed by atoms with van der Waals surface area (Å²) in [7, 11) is 1.59. The molecule has 0 fully saturated rings. The topological polar surface area (TPSA) is 103 Å². The Labute approximate surface area is 98.0 Å². The number of rotatable bonds is 2. The monoisotopic (exact) mass is 229 g/mol. The molecule has 2 aromatic rings. The Morgan fingerprint density at radius 3 is 2.41 bits per heavy atom. The van der Waals surface area contributed by atoms with Gasteiger partial charge >= 0.3 is 0 Å². The van der Waals surface area contributed by atoms with Crippen molar-refractivity contribution in [3.05, 3.63) is 30.0 Å². The van der Waals surface area contributed by atoms with Crippen LogP contribution in [0.25, 0.3) is 5.69 Å². The average molecular weight is 229 g/mol.